The molecule has 1 saturated heterocycles. The van der Waals surface area contributed by atoms with E-state index in [9.17, 15) is 4.79 Å². The lowest BCUT2D eigenvalue weighted by Crippen LogP contribution is -2.39. The van der Waals surface area contributed by atoms with Crippen molar-refractivity contribution in [2.75, 3.05) is 13.1 Å². The van der Waals surface area contributed by atoms with Crippen LogP contribution in [0, 0.1) is 5.92 Å². The zero-order valence-corrected chi connectivity index (χ0v) is 12.8. The van der Waals surface area contributed by atoms with Gasteiger partial charge in [0.15, 0.2) is 0 Å². The Hall–Kier alpha value is -1.06. The van der Waals surface area contributed by atoms with Crippen LogP contribution in [-0.4, -0.2) is 23.9 Å². The van der Waals surface area contributed by atoms with Crippen molar-refractivity contribution >= 4 is 18.3 Å². The molecule has 2 aliphatic rings. The summed E-state index contributed by atoms with van der Waals surface area (Å²) in [6.07, 6.45) is 3.60. The van der Waals surface area contributed by atoms with Crippen molar-refractivity contribution < 1.29 is 4.79 Å². The molecule has 0 bridgehead atoms. The number of rotatable bonds is 2. The van der Waals surface area contributed by atoms with E-state index in [1.54, 1.807) is 0 Å². The molecule has 1 atom stereocenters. The number of benzene rings is 1. The lowest BCUT2D eigenvalue weighted by molar-refractivity contribution is 0.0671. The summed E-state index contributed by atoms with van der Waals surface area (Å²) in [7, 11) is 0. The van der Waals surface area contributed by atoms with Crippen LogP contribution < -0.4 is 5.32 Å². The van der Waals surface area contributed by atoms with Crippen LogP contribution in [0.2, 0.25) is 0 Å². The monoisotopic (exact) mass is 294 g/mol. The molecule has 20 heavy (non-hydrogen) atoms. The summed E-state index contributed by atoms with van der Waals surface area (Å²) in [6, 6.07) is 6.17. The Labute approximate surface area is 127 Å². The Morgan fingerprint density at radius 2 is 2.15 bits per heavy atom. The first-order valence-electron chi connectivity index (χ1n) is 7.39. The van der Waals surface area contributed by atoms with Gasteiger partial charge in [-0.2, -0.15) is 0 Å². The summed E-state index contributed by atoms with van der Waals surface area (Å²) in [5, 5.41) is 3.32. The summed E-state index contributed by atoms with van der Waals surface area (Å²) in [4.78, 5) is 14.6. The van der Waals surface area contributed by atoms with Crippen molar-refractivity contribution in [1.29, 1.82) is 0 Å². The summed E-state index contributed by atoms with van der Waals surface area (Å²) in [5.41, 5.74) is 3.48. The van der Waals surface area contributed by atoms with Crippen LogP contribution in [-0.2, 0) is 13.1 Å². The quantitative estimate of drug-likeness (QED) is 0.909. The van der Waals surface area contributed by atoms with E-state index in [2.05, 4.69) is 24.4 Å². The van der Waals surface area contributed by atoms with Gasteiger partial charge in [-0.3, -0.25) is 4.79 Å². The van der Waals surface area contributed by atoms with Gasteiger partial charge in [0.25, 0.3) is 5.91 Å². The summed E-state index contributed by atoms with van der Waals surface area (Å²) < 4.78 is 0. The van der Waals surface area contributed by atoms with Crippen molar-refractivity contribution in [2.45, 2.75) is 39.3 Å². The van der Waals surface area contributed by atoms with E-state index in [0.29, 0.717) is 5.92 Å². The van der Waals surface area contributed by atoms with Crippen LogP contribution in [0.4, 0.5) is 0 Å². The summed E-state index contributed by atoms with van der Waals surface area (Å²) >= 11 is 0. The summed E-state index contributed by atoms with van der Waals surface area (Å²) in [6.45, 7) is 5.91. The molecule has 1 unspecified atom stereocenters. The van der Waals surface area contributed by atoms with Gasteiger partial charge in [0.05, 0.1) is 0 Å². The number of piperidine rings is 1. The number of nitrogens with one attached hydrogen (secondary N) is 1. The van der Waals surface area contributed by atoms with Crippen molar-refractivity contribution in [3.8, 4) is 0 Å². The minimum atomic E-state index is 0. The van der Waals surface area contributed by atoms with Gasteiger partial charge in [-0.15, -0.1) is 12.4 Å². The van der Waals surface area contributed by atoms with Crippen LogP contribution in [0.3, 0.4) is 0 Å². The minimum absolute atomic E-state index is 0. The van der Waals surface area contributed by atoms with Crippen LogP contribution in [0.15, 0.2) is 18.2 Å². The Bertz CT molecular complexity index is 489. The van der Waals surface area contributed by atoms with Gasteiger partial charge in [-0.25, -0.2) is 0 Å². The van der Waals surface area contributed by atoms with Crippen molar-refractivity contribution in [3.05, 3.63) is 34.9 Å². The number of halogens is 1. The average molecular weight is 295 g/mol. The molecule has 0 radical (unpaired) electrons. The number of carbonyl (C=O) groups excluding carboxylic acids is 1. The van der Waals surface area contributed by atoms with Gasteiger partial charge in [-0.1, -0.05) is 19.4 Å². The van der Waals surface area contributed by atoms with E-state index in [0.717, 1.165) is 38.2 Å². The van der Waals surface area contributed by atoms with E-state index < -0.39 is 0 Å². The topological polar surface area (TPSA) is 32.3 Å². The molecule has 1 amide bonds. The molecule has 0 saturated carbocycles. The first kappa shape index (κ1) is 15.3. The normalized spacial score (nSPS) is 21.2. The lowest BCUT2D eigenvalue weighted by Gasteiger charge is -2.32. The van der Waals surface area contributed by atoms with Gasteiger partial charge in [0.1, 0.15) is 0 Å². The highest BCUT2D eigenvalue weighted by Crippen LogP contribution is 2.23. The lowest BCUT2D eigenvalue weighted by atomic mass is 9.95. The molecule has 1 N–H and O–H groups in total. The van der Waals surface area contributed by atoms with Crippen molar-refractivity contribution in [1.82, 2.24) is 10.2 Å². The third kappa shape index (κ3) is 2.99. The van der Waals surface area contributed by atoms with E-state index >= 15 is 0 Å². The van der Waals surface area contributed by atoms with Crippen LogP contribution >= 0.6 is 12.4 Å². The number of carbonyl (C=O) groups is 1. The van der Waals surface area contributed by atoms with E-state index in [-0.39, 0.29) is 18.3 Å². The molecule has 3 rings (SSSR count). The molecule has 1 fully saturated rings. The van der Waals surface area contributed by atoms with Crippen LogP contribution in [0.25, 0.3) is 0 Å². The molecule has 3 nitrogen and oxygen atoms in total. The number of fused-ring (bicyclic) bond motifs is 1. The van der Waals surface area contributed by atoms with E-state index in [4.69, 9.17) is 0 Å². The maximum absolute atomic E-state index is 12.6. The molecule has 2 heterocycles. The second-order valence-corrected chi connectivity index (χ2v) is 5.75. The van der Waals surface area contributed by atoms with Gasteiger partial charge in [0, 0.05) is 31.7 Å². The number of hydrogen-bond acceptors (Lipinski definition) is 2. The predicted molar refractivity (Wildman–Crippen MR) is 83.2 cm³/mol. The molecule has 4 heteroatoms. The van der Waals surface area contributed by atoms with Crippen molar-refractivity contribution in [3.63, 3.8) is 0 Å². The number of hydrogen-bond donors (Lipinski definition) is 1. The largest absolute Gasteiger partial charge is 0.338 e. The van der Waals surface area contributed by atoms with Gasteiger partial charge in [-0.05, 0) is 42.0 Å². The van der Waals surface area contributed by atoms with Gasteiger partial charge >= 0.3 is 0 Å². The fourth-order valence-corrected chi connectivity index (χ4v) is 3.19. The second-order valence-electron chi connectivity index (χ2n) is 5.75. The van der Waals surface area contributed by atoms with Gasteiger partial charge < -0.3 is 10.2 Å². The molecule has 110 valence electrons. The highest BCUT2D eigenvalue weighted by atomic mass is 35.5. The number of nitrogens with zero attached hydrogens (tertiary/aromatic N) is 1. The third-order valence-corrected chi connectivity index (χ3v) is 4.47. The average Bonchev–Trinajstić information content (AvgIpc) is 2.94. The molecule has 0 spiro atoms. The van der Waals surface area contributed by atoms with Crippen molar-refractivity contribution in [2.24, 2.45) is 5.92 Å². The maximum atomic E-state index is 12.6. The number of amides is 1. The van der Waals surface area contributed by atoms with E-state index in [1.165, 1.54) is 24.0 Å². The van der Waals surface area contributed by atoms with Crippen LogP contribution in [0.5, 0.6) is 0 Å². The third-order valence-electron chi connectivity index (χ3n) is 4.47. The summed E-state index contributed by atoms with van der Waals surface area (Å²) in [5.74, 6) is 0.904. The molecular weight excluding hydrogens is 272 g/mol. The zero-order valence-electron chi connectivity index (χ0n) is 12.0. The maximum Gasteiger partial charge on any atom is 0.253 e. The highest BCUT2D eigenvalue weighted by molar-refractivity contribution is 5.94. The fraction of sp³-hybridized carbons (Fsp3) is 0.562. The SMILES string of the molecule is CCC1CCCN(C(=O)c2ccc3c(c2)CNC3)C1.Cl. The Kier molecular flexibility index (Phi) is 5.06. The van der Waals surface area contributed by atoms with Crippen LogP contribution in [0.1, 0.15) is 47.7 Å². The smallest absolute Gasteiger partial charge is 0.253 e. The molecule has 1 aromatic rings. The Morgan fingerprint density at radius 1 is 1.35 bits per heavy atom. The number of likely N-dealkylation sites (tertiary alicyclic amines) is 1. The fourth-order valence-electron chi connectivity index (χ4n) is 3.19. The van der Waals surface area contributed by atoms with Gasteiger partial charge in [0.2, 0.25) is 0 Å². The molecule has 0 aromatic heterocycles. The highest BCUT2D eigenvalue weighted by Gasteiger charge is 2.24. The first-order chi connectivity index (χ1) is 9.28. The molecule has 0 aliphatic carbocycles. The molecular formula is C16H23ClN2O. The first-order valence-corrected chi connectivity index (χ1v) is 7.39. The minimum Gasteiger partial charge on any atom is -0.338 e. The second kappa shape index (κ2) is 6.59. The Morgan fingerprint density at radius 3 is 2.95 bits per heavy atom. The molecule has 1 aromatic carbocycles. The zero-order chi connectivity index (χ0) is 13.2. The van der Waals surface area contributed by atoms with E-state index in [1.807, 2.05) is 11.0 Å². The predicted octanol–water partition coefficient (Wildman–Crippen LogP) is 2.97. The Balaban J connectivity index is 0.00000147. The standard InChI is InChI=1S/C16H22N2O.ClH/c1-2-12-4-3-7-18(11-12)16(19)13-5-6-14-9-17-10-15(14)8-13;/h5-6,8,12,17H,2-4,7,9-11H2,1H3;1H. The molecule has 2 aliphatic heterocycles.